The molecule has 94 heavy (non-hydrogen) atoms. The Morgan fingerprint density at radius 3 is 1.38 bits per heavy atom. The van der Waals surface area contributed by atoms with E-state index in [9.17, 15) is 47.9 Å². The molecular weight excluding hydrogens is 1210 g/mol. The van der Waals surface area contributed by atoms with Crippen molar-refractivity contribution in [1.82, 2.24) is 61.8 Å². The molecule has 2 saturated heterocycles. The zero-order chi connectivity index (χ0) is 67.8. The van der Waals surface area contributed by atoms with E-state index in [1.807, 2.05) is 0 Å². The van der Waals surface area contributed by atoms with Crippen LogP contribution in [0.5, 0.6) is 0 Å². The van der Waals surface area contributed by atoms with Gasteiger partial charge in [0.2, 0.25) is 23.6 Å². The van der Waals surface area contributed by atoms with Crippen molar-refractivity contribution < 1.29 is 42.8 Å². The minimum Gasteiger partial charge on any atom is -0.398 e. The number of fused-ring (bicyclic) bond motifs is 1. The molecule has 28 nitrogen and oxygen atoms in total. The molecule has 0 spiro atoms. The molecule has 5 aromatic carbocycles. The number of aromatic amines is 1. The number of imide groups is 2. The number of H-pyrrole nitrogens is 1. The Hall–Kier alpha value is -9.68. The molecule has 2 unspecified atom stereocenters. The maximum absolute atomic E-state index is 14.4. The zero-order valence-corrected chi connectivity index (χ0v) is 53.3. The van der Waals surface area contributed by atoms with Crippen LogP contribution in [0, 0.1) is 11.8 Å². The van der Waals surface area contributed by atoms with Crippen molar-refractivity contribution in [2.75, 3.05) is 153 Å². The second-order valence-electron chi connectivity index (χ2n) is 22.2. The minimum absolute atomic E-state index is 0.0399. The molecule has 0 radical (unpaired) electrons. The Morgan fingerprint density at radius 1 is 0.479 bits per heavy atom. The lowest BCUT2D eigenvalue weighted by Gasteiger charge is -2.29. The number of nitrogens with one attached hydrogen (secondary N) is 9. The van der Waals surface area contributed by atoms with Crippen molar-refractivity contribution in [2.45, 2.75) is 26.7 Å². The Labute approximate surface area is 545 Å². The van der Waals surface area contributed by atoms with Crippen molar-refractivity contribution in [3.8, 4) is 0 Å². The zero-order valence-electron chi connectivity index (χ0n) is 53.3. The fraction of sp³-hybridized carbons (Fsp3) is 0.394. The van der Waals surface area contributed by atoms with Gasteiger partial charge in [-0.05, 0) is 60.7 Å². The average Bonchev–Trinajstić information content (AvgIpc) is 1.16. The minimum atomic E-state index is -0.723. The molecule has 2 fully saturated rings. The fourth-order valence-electron chi connectivity index (χ4n) is 10.0. The first-order valence-electron chi connectivity index (χ1n) is 31.5. The number of amides is 8. The molecule has 8 rings (SSSR count). The fourth-order valence-corrected chi connectivity index (χ4v) is 10.0. The topological polar surface area (TPSA) is 413 Å². The summed E-state index contributed by atoms with van der Waals surface area (Å²) in [5.41, 5.74) is 25.9. The number of carbonyl (C=O) groups is 8. The summed E-state index contributed by atoms with van der Waals surface area (Å²) >= 11 is 0. The van der Waals surface area contributed by atoms with Crippen LogP contribution in [0.2, 0.25) is 0 Å². The third-order valence-electron chi connectivity index (χ3n) is 15.2. The van der Waals surface area contributed by atoms with Crippen LogP contribution in [0.25, 0.3) is 10.9 Å². The van der Waals surface area contributed by atoms with Gasteiger partial charge >= 0.3 is 11.4 Å². The number of anilines is 4. The normalized spacial score (nSPS) is 14.3. The lowest BCUT2D eigenvalue weighted by atomic mass is 10.1. The van der Waals surface area contributed by atoms with Gasteiger partial charge in [-0.2, -0.15) is 0 Å². The number of nitrogens with zero attached hydrogens (tertiary/aromatic N) is 4. The Kier molecular flexibility index (Phi) is 30.4. The van der Waals surface area contributed by atoms with Gasteiger partial charge in [-0.1, -0.05) is 74.5 Å². The van der Waals surface area contributed by atoms with Gasteiger partial charge in [0.15, 0.2) is 0 Å². The molecule has 0 saturated carbocycles. The van der Waals surface area contributed by atoms with Crippen molar-refractivity contribution in [3.63, 3.8) is 0 Å². The second-order valence-corrected chi connectivity index (χ2v) is 22.2. The predicted octanol–water partition coefficient (Wildman–Crippen LogP) is 0.454. The summed E-state index contributed by atoms with van der Waals surface area (Å²) in [4.78, 5) is 132. The van der Waals surface area contributed by atoms with Crippen LogP contribution in [-0.4, -0.2) is 203 Å². The molecule has 0 bridgehead atoms. The lowest BCUT2D eigenvalue weighted by molar-refractivity contribution is -0.140. The van der Waals surface area contributed by atoms with Gasteiger partial charge in [0.05, 0.1) is 38.8 Å². The molecule has 1 aromatic heterocycles. The molecular formula is C66H89N17O11. The molecule has 2 aliphatic rings. The van der Waals surface area contributed by atoms with Gasteiger partial charge in [-0.3, -0.25) is 53.1 Å². The summed E-state index contributed by atoms with van der Waals surface area (Å²) in [6.07, 6.45) is 0.554. The van der Waals surface area contributed by atoms with E-state index in [0.717, 1.165) is 45.8 Å². The van der Waals surface area contributed by atoms with E-state index in [2.05, 4.69) is 51.9 Å². The first-order chi connectivity index (χ1) is 45.4. The number of hydrogen-bond acceptors (Lipinski definition) is 21. The monoisotopic (exact) mass is 1300 g/mol. The van der Waals surface area contributed by atoms with Gasteiger partial charge in [0.1, 0.15) is 0 Å². The van der Waals surface area contributed by atoms with E-state index in [1.54, 1.807) is 145 Å². The highest BCUT2D eigenvalue weighted by atomic mass is 16.4. The molecule has 6 aromatic rings. The van der Waals surface area contributed by atoms with Crippen LogP contribution in [-0.2, 0) is 19.2 Å². The largest absolute Gasteiger partial charge is 0.419 e. The van der Waals surface area contributed by atoms with Crippen LogP contribution in [0.1, 0.15) is 68.1 Å². The molecule has 28 heteroatoms. The molecule has 0 aliphatic carbocycles. The number of carbonyl (C=O) groups excluding carboxylic acids is 8. The van der Waals surface area contributed by atoms with Gasteiger partial charge in [0.25, 0.3) is 23.6 Å². The van der Waals surface area contributed by atoms with Gasteiger partial charge in [-0.15, -0.1) is 0 Å². The first-order valence-corrected chi connectivity index (χ1v) is 31.5. The second kappa shape index (κ2) is 39.0. The summed E-state index contributed by atoms with van der Waals surface area (Å²) in [5, 5.41) is 25.7. The number of rotatable bonds is 34. The molecule has 2 aliphatic heterocycles. The third-order valence-corrected chi connectivity index (χ3v) is 15.2. The summed E-state index contributed by atoms with van der Waals surface area (Å²) in [7, 11) is 0. The van der Waals surface area contributed by atoms with Crippen LogP contribution in [0.4, 0.5) is 22.7 Å². The maximum atomic E-state index is 14.4. The number of benzene rings is 5. The van der Waals surface area contributed by atoms with E-state index in [4.69, 9.17) is 22.9 Å². The maximum Gasteiger partial charge on any atom is 0.419 e. The quantitative estimate of drug-likeness (QED) is 0.0148. The summed E-state index contributed by atoms with van der Waals surface area (Å²) < 4.78 is 4.32. The van der Waals surface area contributed by atoms with Crippen LogP contribution >= 0.6 is 0 Å². The van der Waals surface area contributed by atoms with Gasteiger partial charge < -0.3 is 79.7 Å². The number of hydrogen-bond donors (Lipinski definition) is 13. The van der Waals surface area contributed by atoms with Crippen LogP contribution < -0.4 is 76.9 Å². The van der Waals surface area contributed by atoms with Crippen LogP contribution in [0.15, 0.2) is 135 Å². The van der Waals surface area contributed by atoms with Crippen molar-refractivity contribution in [1.29, 1.82) is 0 Å². The number of aromatic nitrogens is 1. The Bertz CT molecular complexity index is 3620. The van der Waals surface area contributed by atoms with Gasteiger partial charge in [0, 0.05) is 173 Å². The van der Waals surface area contributed by atoms with Crippen molar-refractivity contribution >= 4 is 80.9 Å². The summed E-state index contributed by atoms with van der Waals surface area (Å²) in [6.45, 7) is 14.2. The van der Waals surface area contributed by atoms with E-state index in [1.165, 1.54) is 9.80 Å². The SMILES string of the molecule is CC1CC(=O)N(CCNCCN(CCN(CCNCCNC(=O)c2ccccc2N)C(=O)c2ccccc2NC(=O)c2ccccc2N)C(=O)c2ccccc2N)C1=O.CC1CC(=O)N(CCNCCNCCNCCNCCN)C1=O.O=c1[nH]c2ccccc2c(=O)o1. The highest BCUT2D eigenvalue weighted by Gasteiger charge is 2.36. The first kappa shape index (κ1) is 73.4. The standard InChI is InChI=1S/C43H52N10O6.C15H32N6O2.C8H5NO3/c1-29-28-38(54)53(41(29)57)25-22-48-21-24-51(42(58)32-12-4-8-16-36(32)46)26-27-52(23-20-47-18-19-49-39(55)30-10-2-6-14-34(30)44)43(59)33-13-5-9-17-37(33)50-40(56)31-11-3-7-15-35(31)45;1-13-12-14(22)21(15(13)23)11-10-20-9-8-19-7-6-18-5-4-17-3-2-16;10-7-5-3-1-2-4-6(5)9-8(11)12-7/h2-17,29,47-48H,18-28,44-46H2,1H3,(H,49,55)(H,50,56);13,17-20H,2-12,16H2,1H3;1-4H,(H,9,11). The van der Waals surface area contributed by atoms with Crippen molar-refractivity contribution in [3.05, 3.63) is 165 Å². The molecule has 504 valence electrons. The molecule has 2 atom stereocenters. The average molecular weight is 1300 g/mol. The number of nitrogens with two attached hydrogens (primary N) is 4. The van der Waals surface area contributed by atoms with Crippen LogP contribution in [0.3, 0.4) is 0 Å². The highest BCUT2D eigenvalue weighted by molar-refractivity contribution is 6.11. The number of para-hydroxylation sites is 5. The Balaban J connectivity index is 0.000000323. The van der Waals surface area contributed by atoms with Crippen molar-refractivity contribution in [2.24, 2.45) is 17.6 Å². The highest BCUT2D eigenvalue weighted by Crippen LogP contribution is 2.22. The smallest absolute Gasteiger partial charge is 0.398 e. The summed E-state index contributed by atoms with van der Waals surface area (Å²) in [6, 6.07) is 33.5. The van der Waals surface area contributed by atoms with E-state index < -0.39 is 23.2 Å². The van der Waals surface area contributed by atoms with E-state index >= 15 is 0 Å². The number of likely N-dealkylation sites (tertiary alicyclic amines) is 2. The van der Waals surface area contributed by atoms with E-state index in [-0.39, 0.29) is 109 Å². The Morgan fingerprint density at radius 2 is 0.883 bits per heavy atom. The lowest BCUT2D eigenvalue weighted by Crippen LogP contribution is -2.46. The number of nitrogen functional groups attached to an aromatic ring is 3. The molecule has 17 N–H and O–H groups in total. The molecule has 3 heterocycles. The molecule has 8 amide bonds. The van der Waals surface area contributed by atoms with Gasteiger partial charge in [-0.25, -0.2) is 9.59 Å². The third kappa shape index (κ3) is 22.9. The van der Waals surface area contributed by atoms with E-state index in [0.29, 0.717) is 92.2 Å². The summed E-state index contributed by atoms with van der Waals surface area (Å²) in [5.74, 6) is -3.20. The predicted molar refractivity (Wildman–Crippen MR) is 361 cm³/mol.